The van der Waals surface area contributed by atoms with Crippen LogP contribution in [-0.2, 0) is 14.2 Å². The highest BCUT2D eigenvalue weighted by Gasteiger charge is 2.50. The molecule has 0 aliphatic carbocycles. The lowest BCUT2D eigenvalue weighted by atomic mass is 9.98. The molecule has 43 heavy (non-hydrogen) atoms. The van der Waals surface area contributed by atoms with Crippen LogP contribution in [0.5, 0.6) is 17.2 Å². The second kappa shape index (κ2) is 14.4. The van der Waals surface area contributed by atoms with Gasteiger partial charge in [-0.05, 0) is 47.5 Å². The zero-order chi connectivity index (χ0) is 31.3. The highest BCUT2D eigenvalue weighted by molar-refractivity contribution is 5.90. The van der Waals surface area contributed by atoms with E-state index >= 15 is 0 Å². The van der Waals surface area contributed by atoms with Gasteiger partial charge in [0.05, 0.1) is 39.1 Å². The van der Waals surface area contributed by atoms with Gasteiger partial charge in [-0.25, -0.2) is 0 Å². The van der Waals surface area contributed by atoms with Gasteiger partial charge in [0.25, 0.3) is 0 Å². The topological polar surface area (TPSA) is 221 Å². The van der Waals surface area contributed by atoms with Crippen LogP contribution >= 0.6 is 0 Å². The van der Waals surface area contributed by atoms with Crippen LogP contribution in [0.15, 0.2) is 42.5 Å². The first-order chi connectivity index (χ1) is 20.6. The van der Waals surface area contributed by atoms with Gasteiger partial charge in [-0.15, -0.1) is 0 Å². The first-order valence-electron chi connectivity index (χ1n) is 13.3. The van der Waals surface area contributed by atoms with Crippen LogP contribution in [0.25, 0.3) is 11.6 Å². The second-order valence-corrected chi connectivity index (χ2v) is 9.93. The highest BCUT2D eigenvalue weighted by Crippen LogP contribution is 2.32. The number of nitriles is 1. The highest BCUT2D eigenvalue weighted by atomic mass is 16.8. The Labute approximate surface area is 247 Å². The molecule has 2 saturated heterocycles. The molecule has 234 valence electrons. The van der Waals surface area contributed by atoms with Gasteiger partial charge in [0.1, 0.15) is 48.5 Å². The minimum absolute atomic E-state index is 0.258. The molecule has 14 nitrogen and oxygen atoms in total. The molecule has 0 amide bonds. The maximum atomic E-state index is 10.8. The number of hydrogen-bond donors (Lipinski definition) is 7. The molecule has 7 N–H and O–H groups in total. The van der Waals surface area contributed by atoms with Crippen LogP contribution in [0, 0.1) is 11.3 Å². The maximum Gasteiger partial charge on any atom is 0.189 e. The van der Waals surface area contributed by atoms with E-state index in [1.165, 1.54) is 14.2 Å². The smallest absolute Gasteiger partial charge is 0.189 e. The molecule has 0 saturated carbocycles. The molecule has 14 heteroatoms. The van der Waals surface area contributed by atoms with Crippen molar-refractivity contribution in [3.05, 3.63) is 53.6 Å². The Balaban J connectivity index is 1.44. The summed E-state index contributed by atoms with van der Waals surface area (Å²) < 4.78 is 32.7. The quantitative estimate of drug-likeness (QED) is 0.125. The molecule has 2 aliphatic rings. The van der Waals surface area contributed by atoms with E-state index in [1.807, 2.05) is 0 Å². The minimum atomic E-state index is -1.77. The number of ether oxygens (including phenoxy) is 6. The number of aliphatic hydroxyl groups excluding tert-OH is 7. The summed E-state index contributed by atoms with van der Waals surface area (Å²) in [5.74, 6) is 1.25. The Hall–Kier alpha value is -3.33. The number of rotatable bonds is 10. The first kappa shape index (κ1) is 32.6. The zero-order valence-electron chi connectivity index (χ0n) is 23.3. The summed E-state index contributed by atoms with van der Waals surface area (Å²) in [6.45, 7) is -1.35. The molecule has 0 radical (unpaired) electrons. The van der Waals surface area contributed by atoms with Crippen molar-refractivity contribution >= 4 is 11.6 Å². The normalized spacial score (nSPS) is 33.0. The van der Waals surface area contributed by atoms with Gasteiger partial charge in [-0.3, -0.25) is 0 Å². The number of allylic oxidation sites excluding steroid dienone is 1. The Bertz CT molecular complexity index is 1280. The van der Waals surface area contributed by atoms with E-state index in [2.05, 4.69) is 6.07 Å². The third kappa shape index (κ3) is 7.08. The molecular weight excluding hydrogens is 570 g/mol. The molecule has 2 heterocycles. The van der Waals surface area contributed by atoms with Crippen molar-refractivity contribution in [1.82, 2.24) is 0 Å². The summed E-state index contributed by atoms with van der Waals surface area (Å²) in [4.78, 5) is 0. The summed E-state index contributed by atoms with van der Waals surface area (Å²) in [7, 11) is 3.01. The SMILES string of the molecule is COc1ccc(/C(C#N)=C/c2ccc(OC3C(CO)OC(OC4OC(CO)C(O)C(O)C4O)C(O)C3O)cc2)cc1OC. The van der Waals surface area contributed by atoms with E-state index in [0.29, 0.717) is 28.2 Å². The molecule has 0 bridgehead atoms. The standard InChI is InChI=1S/C29H35NO13/c1-38-18-8-5-15(10-19(18)39-2)16(11-30)9-14-3-6-17(7-4-14)40-27-21(13-32)42-29(26(37)24(27)35)43-28-25(36)23(34)22(33)20(12-31)41-28/h3-10,20-29,31-37H,12-13H2,1-2H3/b16-9+. The molecule has 2 fully saturated rings. The number of aliphatic hydroxyl groups is 7. The van der Waals surface area contributed by atoms with Gasteiger partial charge < -0.3 is 64.2 Å². The molecule has 0 aromatic heterocycles. The van der Waals surface area contributed by atoms with E-state index in [-0.39, 0.29) is 5.75 Å². The lowest BCUT2D eigenvalue weighted by Crippen LogP contribution is -2.64. The monoisotopic (exact) mass is 605 g/mol. The summed E-state index contributed by atoms with van der Waals surface area (Å²) in [5, 5.41) is 80.7. The van der Waals surface area contributed by atoms with Gasteiger partial charge in [0, 0.05) is 0 Å². The second-order valence-electron chi connectivity index (χ2n) is 9.93. The van der Waals surface area contributed by atoms with Crippen LogP contribution in [-0.4, -0.2) is 125 Å². The fourth-order valence-electron chi connectivity index (χ4n) is 4.77. The number of methoxy groups -OCH3 is 2. The van der Waals surface area contributed by atoms with Gasteiger partial charge in [-0.2, -0.15) is 5.26 Å². The van der Waals surface area contributed by atoms with Gasteiger partial charge in [0.2, 0.25) is 0 Å². The van der Waals surface area contributed by atoms with E-state index in [1.54, 1.807) is 48.5 Å². The van der Waals surface area contributed by atoms with Gasteiger partial charge >= 0.3 is 0 Å². The Morgan fingerprint density at radius 1 is 0.791 bits per heavy atom. The summed E-state index contributed by atoms with van der Waals surface area (Å²) in [5.41, 5.74) is 1.63. The summed E-state index contributed by atoms with van der Waals surface area (Å²) in [6, 6.07) is 13.7. The largest absolute Gasteiger partial charge is 0.493 e. The minimum Gasteiger partial charge on any atom is -0.493 e. The number of nitrogens with zero attached hydrogens (tertiary/aromatic N) is 1. The van der Waals surface area contributed by atoms with E-state index in [0.717, 1.165) is 0 Å². The third-order valence-corrected chi connectivity index (χ3v) is 7.22. The average molecular weight is 606 g/mol. The predicted molar refractivity (Wildman–Crippen MR) is 147 cm³/mol. The van der Waals surface area contributed by atoms with Crippen LogP contribution < -0.4 is 14.2 Å². The Morgan fingerprint density at radius 2 is 1.40 bits per heavy atom. The van der Waals surface area contributed by atoms with Crippen molar-refractivity contribution in [2.45, 2.75) is 61.4 Å². The molecule has 2 aromatic rings. The molecule has 10 unspecified atom stereocenters. The molecule has 0 spiro atoms. The maximum absolute atomic E-state index is 10.8. The van der Waals surface area contributed by atoms with E-state index < -0.39 is 74.6 Å². The first-order valence-corrected chi connectivity index (χ1v) is 13.3. The van der Waals surface area contributed by atoms with Crippen LogP contribution in [0.2, 0.25) is 0 Å². The molecule has 4 rings (SSSR count). The van der Waals surface area contributed by atoms with Crippen LogP contribution in [0.4, 0.5) is 0 Å². The Kier molecular flexibility index (Phi) is 10.9. The zero-order valence-corrected chi connectivity index (χ0v) is 23.3. The van der Waals surface area contributed by atoms with Crippen molar-refractivity contribution in [3.63, 3.8) is 0 Å². The average Bonchev–Trinajstić information content (AvgIpc) is 3.03. The van der Waals surface area contributed by atoms with Crippen molar-refractivity contribution < 1.29 is 64.2 Å². The van der Waals surface area contributed by atoms with Crippen molar-refractivity contribution in [3.8, 4) is 23.3 Å². The van der Waals surface area contributed by atoms with E-state index in [9.17, 15) is 41.0 Å². The summed E-state index contributed by atoms with van der Waals surface area (Å²) in [6.07, 6.45) is -13.9. The van der Waals surface area contributed by atoms with Crippen molar-refractivity contribution in [2.24, 2.45) is 0 Å². The lowest BCUT2D eigenvalue weighted by molar-refractivity contribution is -0.375. The third-order valence-electron chi connectivity index (χ3n) is 7.22. The van der Waals surface area contributed by atoms with Crippen LogP contribution in [0.3, 0.4) is 0 Å². The van der Waals surface area contributed by atoms with Gasteiger partial charge in [-0.1, -0.05) is 12.1 Å². The molecule has 10 atom stereocenters. The summed E-state index contributed by atoms with van der Waals surface area (Å²) >= 11 is 0. The fourth-order valence-corrected chi connectivity index (χ4v) is 4.77. The molecular formula is C29H35NO13. The lowest BCUT2D eigenvalue weighted by Gasteiger charge is -2.45. The predicted octanol–water partition coefficient (Wildman–Crippen LogP) is -1.23. The molecule has 2 aliphatic heterocycles. The van der Waals surface area contributed by atoms with Gasteiger partial charge in [0.15, 0.2) is 30.2 Å². The fraction of sp³-hybridized carbons (Fsp3) is 0.483. The van der Waals surface area contributed by atoms with Crippen LogP contribution in [0.1, 0.15) is 11.1 Å². The van der Waals surface area contributed by atoms with Crippen molar-refractivity contribution in [1.29, 1.82) is 5.26 Å². The van der Waals surface area contributed by atoms with Crippen molar-refractivity contribution in [2.75, 3.05) is 27.4 Å². The Morgan fingerprint density at radius 3 is 1.98 bits per heavy atom. The van der Waals surface area contributed by atoms with E-state index in [4.69, 9.17) is 28.4 Å². The molecule has 2 aromatic carbocycles. The number of benzene rings is 2. The number of hydrogen-bond acceptors (Lipinski definition) is 14.